The molecule has 1 unspecified atom stereocenters. The molecule has 2 rings (SSSR count). The average molecular weight is 251 g/mol. The highest BCUT2D eigenvalue weighted by Crippen LogP contribution is 2.32. The third-order valence-electron chi connectivity index (χ3n) is 3.37. The lowest BCUT2D eigenvalue weighted by atomic mass is 9.89. The lowest BCUT2D eigenvalue weighted by Crippen LogP contribution is -2.29. The van der Waals surface area contributed by atoms with E-state index < -0.39 is 6.17 Å². The van der Waals surface area contributed by atoms with Gasteiger partial charge in [-0.1, -0.05) is 12.1 Å². The Morgan fingerprint density at radius 1 is 1.17 bits per heavy atom. The molecule has 1 aliphatic rings. The van der Waals surface area contributed by atoms with E-state index in [4.69, 9.17) is 4.74 Å². The van der Waals surface area contributed by atoms with E-state index in [2.05, 4.69) is 5.32 Å². The first-order valence-corrected chi connectivity index (χ1v) is 6.78. The van der Waals surface area contributed by atoms with Crippen LogP contribution in [-0.4, -0.2) is 19.2 Å². The van der Waals surface area contributed by atoms with Gasteiger partial charge in [0.25, 0.3) is 0 Å². The fourth-order valence-corrected chi connectivity index (χ4v) is 2.41. The summed E-state index contributed by atoms with van der Waals surface area (Å²) in [5, 5.41) is 3.27. The van der Waals surface area contributed by atoms with E-state index in [1.165, 1.54) is 0 Å². The van der Waals surface area contributed by atoms with Crippen molar-refractivity contribution in [1.82, 2.24) is 5.32 Å². The van der Waals surface area contributed by atoms with Crippen LogP contribution in [0.2, 0.25) is 0 Å². The molecule has 1 N–H and O–H groups in total. The van der Waals surface area contributed by atoms with Crippen molar-refractivity contribution in [3.8, 4) is 5.75 Å². The first kappa shape index (κ1) is 13.3. The van der Waals surface area contributed by atoms with Crippen molar-refractivity contribution in [3.05, 3.63) is 29.8 Å². The Hall–Kier alpha value is -1.09. The Bertz CT molecular complexity index is 357. The topological polar surface area (TPSA) is 21.3 Å². The summed E-state index contributed by atoms with van der Waals surface area (Å²) >= 11 is 0. The van der Waals surface area contributed by atoms with Gasteiger partial charge in [0.1, 0.15) is 11.9 Å². The predicted octanol–water partition coefficient (Wildman–Crippen LogP) is 3.48. The molecule has 0 aromatic heterocycles. The number of ether oxygens (including phenoxy) is 1. The van der Waals surface area contributed by atoms with Crippen molar-refractivity contribution in [2.24, 2.45) is 5.92 Å². The molecule has 100 valence electrons. The highest BCUT2D eigenvalue weighted by atomic mass is 19.1. The van der Waals surface area contributed by atoms with E-state index >= 15 is 0 Å². The molecule has 0 saturated carbocycles. The van der Waals surface area contributed by atoms with Crippen molar-refractivity contribution in [1.29, 1.82) is 0 Å². The fraction of sp³-hybridized carbons (Fsp3) is 0.600. The third-order valence-corrected chi connectivity index (χ3v) is 3.37. The van der Waals surface area contributed by atoms with E-state index in [0.717, 1.165) is 37.2 Å². The fourth-order valence-electron chi connectivity index (χ4n) is 2.41. The Morgan fingerprint density at radius 2 is 1.78 bits per heavy atom. The van der Waals surface area contributed by atoms with Crippen molar-refractivity contribution >= 4 is 0 Å². The first-order valence-electron chi connectivity index (χ1n) is 6.78. The maximum atomic E-state index is 14.3. The lowest BCUT2D eigenvalue weighted by Gasteiger charge is -2.26. The first-order chi connectivity index (χ1) is 8.66. The van der Waals surface area contributed by atoms with E-state index in [1.54, 1.807) is 0 Å². The Balaban J connectivity index is 1.99. The highest BCUT2D eigenvalue weighted by molar-refractivity contribution is 5.29. The van der Waals surface area contributed by atoms with Gasteiger partial charge in [-0.05, 0) is 63.4 Å². The largest absolute Gasteiger partial charge is 0.491 e. The predicted molar refractivity (Wildman–Crippen MR) is 71.6 cm³/mol. The summed E-state index contributed by atoms with van der Waals surface area (Å²) in [6.07, 6.45) is 1.15. The summed E-state index contributed by atoms with van der Waals surface area (Å²) in [4.78, 5) is 0. The van der Waals surface area contributed by atoms with Gasteiger partial charge in [0.05, 0.1) is 6.10 Å². The highest BCUT2D eigenvalue weighted by Gasteiger charge is 2.24. The maximum absolute atomic E-state index is 14.3. The Morgan fingerprint density at radius 3 is 2.33 bits per heavy atom. The molecule has 18 heavy (non-hydrogen) atoms. The van der Waals surface area contributed by atoms with Crippen LogP contribution in [0.1, 0.15) is 38.4 Å². The second kappa shape index (κ2) is 6.19. The maximum Gasteiger partial charge on any atom is 0.128 e. The van der Waals surface area contributed by atoms with Crippen molar-refractivity contribution in [3.63, 3.8) is 0 Å². The normalized spacial score (nSPS) is 18.9. The summed E-state index contributed by atoms with van der Waals surface area (Å²) in [7, 11) is 0. The molecular weight excluding hydrogens is 229 g/mol. The quantitative estimate of drug-likeness (QED) is 0.884. The van der Waals surface area contributed by atoms with Gasteiger partial charge in [-0.3, -0.25) is 0 Å². The van der Waals surface area contributed by atoms with Gasteiger partial charge in [-0.15, -0.1) is 0 Å². The number of piperidine rings is 1. The average Bonchev–Trinajstić information content (AvgIpc) is 2.39. The van der Waals surface area contributed by atoms with Gasteiger partial charge in [0.15, 0.2) is 0 Å². The van der Waals surface area contributed by atoms with Crippen LogP contribution in [0.25, 0.3) is 0 Å². The molecule has 0 radical (unpaired) electrons. The summed E-state index contributed by atoms with van der Waals surface area (Å²) in [6, 6.07) is 7.43. The van der Waals surface area contributed by atoms with Gasteiger partial charge >= 0.3 is 0 Å². The minimum absolute atomic E-state index is 0.154. The zero-order valence-electron chi connectivity index (χ0n) is 11.2. The van der Waals surface area contributed by atoms with Gasteiger partial charge in [0.2, 0.25) is 0 Å². The third kappa shape index (κ3) is 3.45. The molecule has 1 atom stereocenters. The number of hydrogen-bond donors (Lipinski definition) is 1. The van der Waals surface area contributed by atoms with Crippen LogP contribution in [0.4, 0.5) is 4.39 Å². The number of rotatable bonds is 4. The van der Waals surface area contributed by atoms with Crippen LogP contribution in [0.15, 0.2) is 24.3 Å². The molecule has 2 nitrogen and oxygen atoms in total. The van der Waals surface area contributed by atoms with Gasteiger partial charge in [0, 0.05) is 0 Å². The molecular formula is C15H22FNO. The molecule has 1 fully saturated rings. The molecule has 0 amide bonds. The number of alkyl halides is 1. The lowest BCUT2D eigenvalue weighted by molar-refractivity contribution is 0.190. The van der Waals surface area contributed by atoms with E-state index in [-0.39, 0.29) is 12.0 Å². The molecule has 1 aliphatic heterocycles. The summed E-state index contributed by atoms with van der Waals surface area (Å²) < 4.78 is 19.9. The van der Waals surface area contributed by atoms with Crippen LogP contribution < -0.4 is 10.1 Å². The van der Waals surface area contributed by atoms with E-state index in [1.807, 2.05) is 38.1 Å². The van der Waals surface area contributed by atoms with Crippen molar-refractivity contribution in [2.45, 2.75) is 39.0 Å². The monoisotopic (exact) mass is 251 g/mol. The Kier molecular flexibility index (Phi) is 4.59. The number of nitrogens with one attached hydrogen (secondary N) is 1. The standard InChI is InChI=1S/C15H22FNO/c1-11(2)18-14-5-3-12(4-6-14)15(16)13-7-9-17-10-8-13/h3-6,11,13,15,17H,7-10H2,1-2H3. The van der Waals surface area contributed by atoms with E-state index in [0.29, 0.717) is 0 Å². The van der Waals surface area contributed by atoms with Crippen LogP contribution in [0.5, 0.6) is 5.75 Å². The molecule has 1 saturated heterocycles. The SMILES string of the molecule is CC(C)Oc1ccc(C(F)C2CCNCC2)cc1. The van der Waals surface area contributed by atoms with Crippen molar-refractivity contribution in [2.75, 3.05) is 13.1 Å². The van der Waals surface area contributed by atoms with Crippen LogP contribution in [0.3, 0.4) is 0 Å². The van der Waals surface area contributed by atoms with Crippen LogP contribution >= 0.6 is 0 Å². The molecule has 1 aromatic carbocycles. The summed E-state index contributed by atoms with van der Waals surface area (Å²) in [6.45, 7) is 5.83. The molecule has 0 spiro atoms. The Labute approximate surface area is 109 Å². The minimum Gasteiger partial charge on any atom is -0.491 e. The van der Waals surface area contributed by atoms with Crippen molar-refractivity contribution < 1.29 is 9.13 Å². The van der Waals surface area contributed by atoms with Crippen LogP contribution in [-0.2, 0) is 0 Å². The van der Waals surface area contributed by atoms with E-state index in [9.17, 15) is 4.39 Å². The number of halogens is 1. The van der Waals surface area contributed by atoms with Gasteiger partial charge < -0.3 is 10.1 Å². The number of hydrogen-bond acceptors (Lipinski definition) is 2. The second-order valence-electron chi connectivity index (χ2n) is 5.22. The molecule has 1 heterocycles. The van der Waals surface area contributed by atoms with Gasteiger partial charge in [-0.2, -0.15) is 0 Å². The zero-order chi connectivity index (χ0) is 13.0. The molecule has 0 aliphatic carbocycles. The zero-order valence-corrected chi connectivity index (χ0v) is 11.2. The molecule has 1 aromatic rings. The second-order valence-corrected chi connectivity index (χ2v) is 5.22. The molecule has 3 heteroatoms. The minimum atomic E-state index is -0.847. The van der Waals surface area contributed by atoms with Crippen LogP contribution in [0, 0.1) is 5.92 Å². The van der Waals surface area contributed by atoms with Gasteiger partial charge in [-0.25, -0.2) is 4.39 Å². The molecule has 0 bridgehead atoms. The summed E-state index contributed by atoms with van der Waals surface area (Å²) in [5.74, 6) is 0.967. The number of benzene rings is 1. The smallest absolute Gasteiger partial charge is 0.128 e. The summed E-state index contributed by atoms with van der Waals surface area (Å²) in [5.41, 5.74) is 0.776.